The first kappa shape index (κ1) is 22.6. The molecule has 152 valence electrons. The van der Waals surface area contributed by atoms with Gasteiger partial charge < -0.3 is 9.47 Å². The lowest BCUT2D eigenvalue weighted by Gasteiger charge is -2.05. The Hall–Kier alpha value is -2.72. The molecule has 2 aromatic rings. The number of halogens is 2. The van der Waals surface area contributed by atoms with E-state index in [1.165, 1.54) is 26.6 Å². The highest BCUT2D eigenvalue weighted by Crippen LogP contribution is 2.22. The summed E-state index contributed by atoms with van der Waals surface area (Å²) in [5.41, 5.74) is 5.91. The molecule has 0 atom stereocenters. The van der Waals surface area contributed by atoms with E-state index in [1.807, 2.05) is 12.1 Å². The van der Waals surface area contributed by atoms with E-state index >= 15 is 0 Å². The van der Waals surface area contributed by atoms with Gasteiger partial charge in [-0.15, -0.1) is 0 Å². The molecule has 2 rings (SSSR count). The molecule has 8 nitrogen and oxygen atoms in total. The lowest BCUT2D eigenvalue weighted by atomic mass is 10.2. The summed E-state index contributed by atoms with van der Waals surface area (Å²) in [6, 6.07) is 10.7. The number of hydrogen-bond donors (Lipinski definition) is 2. The van der Waals surface area contributed by atoms with Crippen molar-refractivity contribution in [3.05, 3.63) is 56.5 Å². The Balaban J connectivity index is 1.86. The van der Waals surface area contributed by atoms with E-state index in [0.717, 1.165) is 8.95 Å². The summed E-state index contributed by atoms with van der Waals surface area (Å²) in [4.78, 5) is 23.7. The van der Waals surface area contributed by atoms with Crippen molar-refractivity contribution in [2.45, 2.75) is 6.42 Å². The highest BCUT2D eigenvalue weighted by molar-refractivity contribution is 9.10. The Kier molecular flexibility index (Phi) is 8.81. The molecule has 2 aromatic carbocycles. The summed E-state index contributed by atoms with van der Waals surface area (Å²) in [5.74, 6) is 0.0356. The third-order valence-corrected chi connectivity index (χ3v) is 4.48. The molecular weight excluding hydrogens is 508 g/mol. The maximum Gasteiger partial charge on any atom is 0.249 e. The van der Waals surface area contributed by atoms with Crippen LogP contribution in [0.15, 0.2) is 55.5 Å². The van der Waals surface area contributed by atoms with E-state index in [9.17, 15) is 9.59 Å². The summed E-state index contributed by atoms with van der Waals surface area (Å²) in [6.07, 6.45) is 2.42. The summed E-state index contributed by atoms with van der Waals surface area (Å²) in [7, 11) is 3.07. The van der Waals surface area contributed by atoms with Crippen LogP contribution >= 0.6 is 31.9 Å². The van der Waals surface area contributed by atoms with Crippen LogP contribution in [-0.2, 0) is 9.59 Å². The minimum atomic E-state index is -0.581. The van der Waals surface area contributed by atoms with Crippen LogP contribution in [0.5, 0.6) is 11.5 Å². The molecular formula is C19H18Br2N4O4. The number of hydrogen-bond acceptors (Lipinski definition) is 6. The third-order valence-electron chi connectivity index (χ3n) is 3.49. The number of nitrogens with one attached hydrogen (secondary N) is 2. The minimum Gasteiger partial charge on any atom is -0.496 e. The normalized spacial score (nSPS) is 10.9. The number of methoxy groups -OCH3 is 2. The van der Waals surface area contributed by atoms with Crippen molar-refractivity contribution in [1.82, 2.24) is 10.9 Å². The molecule has 0 spiro atoms. The Bertz CT molecular complexity index is 872. The molecule has 0 aromatic heterocycles. The molecule has 0 bridgehead atoms. The summed E-state index contributed by atoms with van der Waals surface area (Å²) in [6.45, 7) is 0. The quantitative estimate of drug-likeness (QED) is 0.314. The number of rotatable bonds is 8. The molecule has 0 fully saturated rings. The Labute approximate surface area is 184 Å². The van der Waals surface area contributed by atoms with Gasteiger partial charge in [0.25, 0.3) is 0 Å². The van der Waals surface area contributed by atoms with Crippen LogP contribution in [0.2, 0.25) is 0 Å². The molecule has 0 aliphatic carbocycles. The van der Waals surface area contributed by atoms with Crippen molar-refractivity contribution in [2.75, 3.05) is 14.2 Å². The van der Waals surface area contributed by atoms with E-state index in [-0.39, 0.29) is 0 Å². The summed E-state index contributed by atoms with van der Waals surface area (Å²) >= 11 is 6.70. The van der Waals surface area contributed by atoms with Gasteiger partial charge in [0.1, 0.15) is 17.9 Å². The van der Waals surface area contributed by atoms with Gasteiger partial charge in [-0.05, 0) is 36.4 Å². The first-order valence-electron chi connectivity index (χ1n) is 8.24. The van der Waals surface area contributed by atoms with E-state index in [2.05, 4.69) is 52.9 Å². The Morgan fingerprint density at radius 2 is 1.28 bits per heavy atom. The number of benzene rings is 2. The van der Waals surface area contributed by atoms with Gasteiger partial charge >= 0.3 is 0 Å². The highest BCUT2D eigenvalue weighted by Gasteiger charge is 2.08. The maximum absolute atomic E-state index is 11.8. The van der Waals surface area contributed by atoms with Gasteiger partial charge in [-0.25, -0.2) is 10.9 Å². The first-order chi connectivity index (χ1) is 13.9. The lowest BCUT2D eigenvalue weighted by Crippen LogP contribution is -2.27. The van der Waals surface area contributed by atoms with Gasteiger partial charge in [0.05, 0.1) is 26.6 Å². The predicted octanol–water partition coefficient (Wildman–Crippen LogP) is 3.22. The number of carbonyl (C=O) groups is 2. The van der Waals surface area contributed by atoms with Crippen molar-refractivity contribution in [2.24, 2.45) is 10.2 Å². The number of carbonyl (C=O) groups excluding carboxylic acids is 2. The fourth-order valence-electron chi connectivity index (χ4n) is 2.18. The van der Waals surface area contributed by atoms with E-state index in [0.29, 0.717) is 22.6 Å². The molecule has 0 radical (unpaired) electrons. The van der Waals surface area contributed by atoms with Gasteiger partial charge in [0, 0.05) is 20.1 Å². The molecule has 2 amide bonds. The zero-order chi connectivity index (χ0) is 21.2. The van der Waals surface area contributed by atoms with Crippen LogP contribution in [0.25, 0.3) is 0 Å². The van der Waals surface area contributed by atoms with Crippen LogP contribution in [-0.4, -0.2) is 38.5 Å². The van der Waals surface area contributed by atoms with E-state index in [4.69, 9.17) is 9.47 Å². The minimum absolute atomic E-state index is 0.431. The van der Waals surface area contributed by atoms with Crippen molar-refractivity contribution in [3.63, 3.8) is 0 Å². The van der Waals surface area contributed by atoms with Crippen LogP contribution in [0.1, 0.15) is 17.5 Å². The molecule has 0 heterocycles. The molecule has 0 saturated carbocycles. The van der Waals surface area contributed by atoms with Gasteiger partial charge in [0.2, 0.25) is 11.8 Å². The smallest absolute Gasteiger partial charge is 0.249 e. The lowest BCUT2D eigenvalue weighted by molar-refractivity contribution is -0.129. The topological polar surface area (TPSA) is 101 Å². The fraction of sp³-hybridized carbons (Fsp3) is 0.158. The molecule has 10 heteroatoms. The van der Waals surface area contributed by atoms with Crippen molar-refractivity contribution >= 4 is 56.1 Å². The zero-order valence-electron chi connectivity index (χ0n) is 15.6. The van der Waals surface area contributed by atoms with Gasteiger partial charge in [-0.1, -0.05) is 31.9 Å². The first-order valence-corrected chi connectivity index (χ1v) is 9.82. The Morgan fingerprint density at radius 3 is 1.66 bits per heavy atom. The fourth-order valence-corrected chi connectivity index (χ4v) is 2.94. The van der Waals surface area contributed by atoms with Gasteiger partial charge in [-0.2, -0.15) is 10.2 Å². The highest BCUT2D eigenvalue weighted by atomic mass is 79.9. The molecule has 0 aliphatic rings. The molecule has 2 N–H and O–H groups in total. The van der Waals surface area contributed by atoms with E-state index in [1.54, 1.807) is 24.3 Å². The molecule has 0 unspecified atom stereocenters. The third kappa shape index (κ3) is 7.31. The number of ether oxygens (including phenoxy) is 2. The number of amides is 2. The standard InChI is InChI=1S/C19H18Br2N4O4/c1-28-16-5-3-14(20)7-12(16)10-22-24-18(26)9-19(27)25-23-11-13-8-15(21)4-6-17(13)29-2/h3-8,10-11H,9H2,1-2H3,(H,24,26)(H,25,27)/b22-10+,23-11+. The van der Waals surface area contributed by atoms with Crippen molar-refractivity contribution in [3.8, 4) is 11.5 Å². The second kappa shape index (κ2) is 11.3. The van der Waals surface area contributed by atoms with Crippen molar-refractivity contribution < 1.29 is 19.1 Å². The summed E-state index contributed by atoms with van der Waals surface area (Å²) < 4.78 is 12.1. The van der Waals surface area contributed by atoms with Crippen molar-refractivity contribution in [1.29, 1.82) is 0 Å². The van der Waals surface area contributed by atoms with Gasteiger partial charge in [-0.3, -0.25) is 9.59 Å². The second-order valence-electron chi connectivity index (χ2n) is 5.54. The van der Waals surface area contributed by atoms with Crippen LogP contribution in [0.4, 0.5) is 0 Å². The largest absolute Gasteiger partial charge is 0.496 e. The number of nitrogens with zero attached hydrogens (tertiary/aromatic N) is 2. The second-order valence-corrected chi connectivity index (χ2v) is 7.37. The van der Waals surface area contributed by atoms with E-state index < -0.39 is 18.2 Å². The monoisotopic (exact) mass is 524 g/mol. The average Bonchev–Trinajstić information content (AvgIpc) is 2.68. The zero-order valence-corrected chi connectivity index (χ0v) is 18.8. The molecule has 29 heavy (non-hydrogen) atoms. The SMILES string of the molecule is COc1ccc(Br)cc1/C=N/NC(=O)CC(=O)N/N=C/c1cc(Br)ccc1OC. The summed E-state index contributed by atoms with van der Waals surface area (Å²) in [5, 5.41) is 7.68. The van der Waals surface area contributed by atoms with Crippen LogP contribution < -0.4 is 20.3 Å². The predicted molar refractivity (Wildman–Crippen MR) is 117 cm³/mol. The van der Waals surface area contributed by atoms with Gasteiger partial charge in [0.15, 0.2) is 0 Å². The molecule has 0 aliphatic heterocycles. The Morgan fingerprint density at radius 1 is 0.862 bits per heavy atom. The molecule has 0 saturated heterocycles. The average molecular weight is 526 g/mol. The van der Waals surface area contributed by atoms with Crippen LogP contribution in [0.3, 0.4) is 0 Å². The van der Waals surface area contributed by atoms with Crippen LogP contribution in [0, 0.1) is 0 Å². The number of hydrazone groups is 2. The maximum atomic E-state index is 11.8.